The monoisotopic (exact) mass is 401 g/mol. The Morgan fingerprint density at radius 1 is 1.19 bits per heavy atom. The van der Waals surface area contributed by atoms with Crippen LogP contribution in [0.25, 0.3) is 0 Å². The highest BCUT2D eigenvalue weighted by molar-refractivity contribution is 6.00. The van der Waals surface area contributed by atoms with Crippen LogP contribution in [-0.2, 0) is 9.59 Å². The van der Waals surface area contributed by atoms with Gasteiger partial charge in [0.15, 0.2) is 11.5 Å². The molecule has 1 aromatic rings. The number of nitrogens with one attached hydrogen (secondary N) is 1. The van der Waals surface area contributed by atoms with Gasteiger partial charge < -0.3 is 30.2 Å². The lowest BCUT2D eigenvalue weighted by Gasteiger charge is -2.20. The number of carbonyl (C=O) groups excluding carboxylic acids is 2. The van der Waals surface area contributed by atoms with Crippen LogP contribution >= 0.6 is 12.4 Å². The number of rotatable bonds is 9. The highest BCUT2D eigenvalue weighted by Gasteiger charge is 2.35. The van der Waals surface area contributed by atoms with Gasteiger partial charge >= 0.3 is 0 Å². The minimum atomic E-state index is -0.375. The summed E-state index contributed by atoms with van der Waals surface area (Å²) in [6.07, 6.45) is 1.88. The van der Waals surface area contributed by atoms with E-state index in [9.17, 15) is 9.59 Å². The fourth-order valence-corrected chi connectivity index (χ4v) is 2.98. The SMILES string of the molecule is COc1cc(N2CC(C(=O)NCCCCN)CC2=O)cc(OC)c1OC.Cl. The molecule has 0 saturated carbocycles. The van der Waals surface area contributed by atoms with E-state index in [0.717, 1.165) is 12.8 Å². The van der Waals surface area contributed by atoms with Crippen molar-refractivity contribution >= 4 is 29.9 Å². The molecule has 0 spiro atoms. The summed E-state index contributed by atoms with van der Waals surface area (Å²) >= 11 is 0. The zero-order chi connectivity index (χ0) is 19.1. The Hall–Kier alpha value is -2.19. The lowest BCUT2D eigenvalue weighted by molar-refractivity contribution is -0.126. The first-order valence-electron chi connectivity index (χ1n) is 8.63. The first kappa shape index (κ1) is 22.9. The molecule has 152 valence electrons. The first-order chi connectivity index (χ1) is 12.5. The van der Waals surface area contributed by atoms with Gasteiger partial charge in [0.1, 0.15) is 0 Å². The fourth-order valence-electron chi connectivity index (χ4n) is 2.98. The lowest BCUT2D eigenvalue weighted by Crippen LogP contribution is -2.33. The Kier molecular flexibility index (Phi) is 9.17. The summed E-state index contributed by atoms with van der Waals surface area (Å²) in [6, 6.07) is 3.42. The number of ether oxygens (including phenoxy) is 3. The number of methoxy groups -OCH3 is 3. The molecule has 1 fully saturated rings. The van der Waals surface area contributed by atoms with Gasteiger partial charge in [0.2, 0.25) is 17.6 Å². The third-order valence-electron chi connectivity index (χ3n) is 4.39. The molecular formula is C18H28ClN3O5. The van der Waals surface area contributed by atoms with Gasteiger partial charge in [-0.3, -0.25) is 9.59 Å². The number of unbranched alkanes of at least 4 members (excludes halogenated alkanes) is 1. The molecule has 27 heavy (non-hydrogen) atoms. The van der Waals surface area contributed by atoms with Crippen molar-refractivity contribution in [2.45, 2.75) is 19.3 Å². The van der Waals surface area contributed by atoms with Crippen LogP contribution in [0.4, 0.5) is 5.69 Å². The van der Waals surface area contributed by atoms with Gasteiger partial charge in [0, 0.05) is 31.6 Å². The van der Waals surface area contributed by atoms with Crippen LogP contribution in [0.15, 0.2) is 12.1 Å². The van der Waals surface area contributed by atoms with E-state index in [2.05, 4.69) is 5.32 Å². The maximum absolute atomic E-state index is 12.4. The summed E-state index contributed by atoms with van der Waals surface area (Å²) in [4.78, 5) is 26.3. The van der Waals surface area contributed by atoms with Crippen molar-refractivity contribution in [2.24, 2.45) is 11.7 Å². The van der Waals surface area contributed by atoms with E-state index >= 15 is 0 Å². The number of benzene rings is 1. The van der Waals surface area contributed by atoms with E-state index in [-0.39, 0.29) is 36.6 Å². The number of anilines is 1. The minimum Gasteiger partial charge on any atom is -0.493 e. The maximum atomic E-state index is 12.4. The predicted molar refractivity (Wildman–Crippen MR) is 105 cm³/mol. The summed E-state index contributed by atoms with van der Waals surface area (Å²) in [5.41, 5.74) is 6.06. The summed E-state index contributed by atoms with van der Waals surface area (Å²) in [5, 5.41) is 2.87. The van der Waals surface area contributed by atoms with Crippen LogP contribution in [-0.4, -0.2) is 52.8 Å². The van der Waals surface area contributed by atoms with E-state index in [0.29, 0.717) is 42.6 Å². The zero-order valence-electron chi connectivity index (χ0n) is 15.9. The van der Waals surface area contributed by atoms with E-state index in [1.165, 1.54) is 21.3 Å². The summed E-state index contributed by atoms with van der Waals surface area (Å²) in [6.45, 7) is 1.50. The highest BCUT2D eigenvalue weighted by atomic mass is 35.5. The molecule has 0 aliphatic carbocycles. The molecule has 9 heteroatoms. The average Bonchev–Trinajstić information content (AvgIpc) is 3.05. The van der Waals surface area contributed by atoms with Crippen molar-refractivity contribution in [3.05, 3.63) is 12.1 Å². The molecule has 1 aromatic carbocycles. The van der Waals surface area contributed by atoms with Crippen molar-refractivity contribution in [1.29, 1.82) is 0 Å². The van der Waals surface area contributed by atoms with Crippen LogP contribution in [0.1, 0.15) is 19.3 Å². The van der Waals surface area contributed by atoms with Gasteiger partial charge in [-0.1, -0.05) is 0 Å². The van der Waals surface area contributed by atoms with Gasteiger partial charge in [-0.2, -0.15) is 0 Å². The molecule has 0 aromatic heterocycles. The molecule has 1 atom stereocenters. The Bertz CT molecular complexity index is 631. The third kappa shape index (κ3) is 5.40. The van der Waals surface area contributed by atoms with Crippen LogP contribution in [0.2, 0.25) is 0 Å². The number of nitrogens with two attached hydrogens (primary N) is 1. The summed E-state index contributed by atoms with van der Waals surface area (Å²) in [7, 11) is 4.56. The smallest absolute Gasteiger partial charge is 0.227 e. The van der Waals surface area contributed by atoms with Crippen LogP contribution in [0, 0.1) is 5.92 Å². The number of amides is 2. The second-order valence-corrected chi connectivity index (χ2v) is 6.08. The second-order valence-electron chi connectivity index (χ2n) is 6.08. The quantitative estimate of drug-likeness (QED) is 0.605. The number of hydrogen-bond acceptors (Lipinski definition) is 6. The zero-order valence-corrected chi connectivity index (χ0v) is 16.8. The number of halogens is 1. The van der Waals surface area contributed by atoms with E-state index in [1.54, 1.807) is 17.0 Å². The van der Waals surface area contributed by atoms with Crippen molar-refractivity contribution in [3.8, 4) is 17.2 Å². The number of hydrogen-bond donors (Lipinski definition) is 2. The molecule has 1 saturated heterocycles. The van der Waals surface area contributed by atoms with Crippen LogP contribution in [0.5, 0.6) is 17.2 Å². The van der Waals surface area contributed by atoms with Gasteiger partial charge in [-0.25, -0.2) is 0 Å². The third-order valence-corrected chi connectivity index (χ3v) is 4.39. The van der Waals surface area contributed by atoms with Crippen molar-refractivity contribution in [1.82, 2.24) is 5.32 Å². The Balaban J connectivity index is 0.00000364. The molecule has 1 aliphatic rings. The largest absolute Gasteiger partial charge is 0.493 e. The molecular weight excluding hydrogens is 374 g/mol. The second kappa shape index (κ2) is 10.8. The van der Waals surface area contributed by atoms with Crippen molar-refractivity contribution in [2.75, 3.05) is 45.9 Å². The molecule has 1 heterocycles. The minimum absolute atomic E-state index is 0. The molecule has 0 radical (unpaired) electrons. The van der Waals surface area contributed by atoms with Crippen LogP contribution in [0.3, 0.4) is 0 Å². The Morgan fingerprint density at radius 3 is 2.33 bits per heavy atom. The summed E-state index contributed by atoms with van der Waals surface area (Å²) < 4.78 is 16.0. The topological polar surface area (TPSA) is 103 Å². The molecule has 8 nitrogen and oxygen atoms in total. The molecule has 0 bridgehead atoms. The molecule has 2 rings (SSSR count). The molecule has 2 amide bonds. The number of nitrogens with zero attached hydrogens (tertiary/aromatic N) is 1. The normalized spacial score (nSPS) is 15.9. The van der Waals surface area contributed by atoms with Gasteiger partial charge in [0.25, 0.3) is 0 Å². The van der Waals surface area contributed by atoms with E-state index in [1.807, 2.05) is 0 Å². The first-order valence-corrected chi connectivity index (χ1v) is 8.63. The Morgan fingerprint density at radius 2 is 1.81 bits per heavy atom. The van der Waals surface area contributed by atoms with Gasteiger partial charge in [0.05, 0.1) is 32.9 Å². The molecule has 3 N–H and O–H groups in total. The van der Waals surface area contributed by atoms with Crippen LogP contribution < -0.4 is 30.2 Å². The maximum Gasteiger partial charge on any atom is 0.227 e. The predicted octanol–water partition coefficient (Wildman–Crippen LogP) is 1.34. The number of carbonyl (C=O) groups is 2. The highest BCUT2D eigenvalue weighted by Crippen LogP contribution is 2.42. The van der Waals surface area contributed by atoms with Crippen molar-refractivity contribution in [3.63, 3.8) is 0 Å². The van der Waals surface area contributed by atoms with Crippen molar-refractivity contribution < 1.29 is 23.8 Å². The van der Waals surface area contributed by atoms with E-state index < -0.39 is 0 Å². The molecule has 1 aliphatic heterocycles. The Labute approximate surface area is 165 Å². The van der Waals surface area contributed by atoms with E-state index in [4.69, 9.17) is 19.9 Å². The standard InChI is InChI=1S/C18H27N3O5.ClH/c1-24-14-9-13(10-15(25-2)17(14)26-3)21-11-12(8-16(21)22)18(23)20-7-5-4-6-19;/h9-10,12H,4-8,11,19H2,1-3H3,(H,20,23);1H. The van der Waals surface area contributed by atoms with Gasteiger partial charge in [-0.05, 0) is 19.4 Å². The summed E-state index contributed by atoms with van der Waals surface area (Å²) in [5.74, 6) is 0.791. The van der Waals surface area contributed by atoms with Gasteiger partial charge in [-0.15, -0.1) is 12.4 Å². The fraction of sp³-hybridized carbons (Fsp3) is 0.556. The average molecular weight is 402 g/mol. The molecule has 1 unspecified atom stereocenters. The lowest BCUT2D eigenvalue weighted by atomic mass is 10.1.